The zero-order chi connectivity index (χ0) is 17.8. The minimum atomic E-state index is -0.277. The lowest BCUT2D eigenvalue weighted by Gasteiger charge is -2.34. The molecule has 2 amide bonds. The summed E-state index contributed by atoms with van der Waals surface area (Å²) in [6, 6.07) is 10.7. The Morgan fingerprint density at radius 3 is 2.68 bits per heavy atom. The van der Waals surface area contributed by atoms with Gasteiger partial charge in [0.25, 0.3) is 5.91 Å². The summed E-state index contributed by atoms with van der Waals surface area (Å²) in [4.78, 5) is 26.2. The smallest absolute Gasteiger partial charge is 0.254 e. The van der Waals surface area contributed by atoms with E-state index in [-0.39, 0.29) is 17.9 Å². The number of nitrogens with zero attached hydrogens (tertiary/aromatic N) is 1. The highest BCUT2D eigenvalue weighted by molar-refractivity contribution is 7.99. The van der Waals surface area contributed by atoms with Crippen LogP contribution in [-0.2, 0) is 4.79 Å². The van der Waals surface area contributed by atoms with Crippen molar-refractivity contribution >= 4 is 29.3 Å². The Bertz CT molecular complexity index is 782. The molecule has 0 saturated carbocycles. The third-order valence-corrected chi connectivity index (χ3v) is 5.09. The predicted octanol–water partition coefficient (Wildman–Crippen LogP) is 3.64. The summed E-state index contributed by atoms with van der Waals surface area (Å²) >= 11 is 1.82. The van der Waals surface area contributed by atoms with Crippen LogP contribution in [-0.4, -0.2) is 34.8 Å². The van der Waals surface area contributed by atoms with Crippen molar-refractivity contribution in [1.82, 2.24) is 4.90 Å². The Kier molecular flexibility index (Phi) is 5.28. The van der Waals surface area contributed by atoms with Gasteiger partial charge < -0.3 is 14.6 Å². The predicted molar refractivity (Wildman–Crippen MR) is 99.8 cm³/mol. The molecular formula is C19H20N2O3S. The van der Waals surface area contributed by atoms with Gasteiger partial charge in [0.1, 0.15) is 11.5 Å². The summed E-state index contributed by atoms with van der Waals surface area (Å²) in [6.45, 7) is 6.01. The van der Waals surface area contributed by atoms with Gasteiger partial charge in [-0.1, -0.05) is 6.58 Å². The summed E-state index contributed by atoms with van der Waals surface area (Å²) in [5.41, 5.74) is 1.23. The highest BCUT2D eigenvalue weighted by Crippen LogP contribution is 2.32. The van der Waals surface area contributed by atoms with Gasteiger partial charge in [-0.2, -0.15) is 11.8 Å². The fraction of sp³-hybridized carbons (Fsp3) is 0.263. The molecule has 0 radical (unpaired) electrons. The molecule has 1 N–H and O–H groups in total. The number of aryl methyl sites for hydroxylation is 1. The van der Waals surface area contributed by atoms with Gasteiger partial charge in [-0.15, -0.1) is 0 Å². The monoisotopic (exact) mass is 356 g/mol. The second-order valence-corrected chi connectivity index (χ2v) is 6.96. The first-order valence-electron chi connectivity index (χ1n) is 8.07. The summed E-state index contributed by atoms with van der Waals surface area (Å²) in [5, 5.41) is 2.67. The molecule has 2 aromatic rings. The van der Waals surface area contributed by atoms with Crippen LogP contribution in [0.25, 0.3) is 0 Å². The second kappa shape index (κ2) is 7.61. The number of rotatable bonds is 4. The molecule has 0 aliphatic carbocycles. The Labute approximate surface area is 151 Å². The minimum Gasteiger partial charge on any atom is -0.464 e. The van der Waals surface area contributed by atoms with E-state index in [0.717, 1.165) is 23.0 Å². The van der Waals surface area contributed by atoms with Crippen molar-refractivity contribution in [3.8, 4) is 0 Å². The van der Waals surface area contributed by atoms with E-state index in [0.29, 0.717) is 17.8 Å². The highest BCUT2D eigenvalue weighted by Gasteiger charge is 2.31. The van der Waals surface area contributed by atoms with Crippen LogP contribution in [0.15, 0.2) is 53.5 Å². The first-order valence-corrected chi connectivity index (χ1v) is 9.22. The Morgan fingerprint density at radius 1 is 1.28 bits per heavy atom. The van der Waals surface area contributed by atoms with Crippen molar-refractivity contribution in [3.05, 3.63) is 66.1 Å². The van der Waals surface area contributed by atoms with Gasteiger partial charge in [-0.3, -0.25) is 9.59 Å². The number of hydrogen-bond acceptors (Lipinski definition) is 4. The molecule has 0 spiro atoms. The Hall–Kier alpha value is -2.47. The van der Waals surface area contributed by atoms with Crippen molar-refractivity contribution in [1.29, 1.82) is 0 Å². The molecule has 1 unspecified atom stereocenters. The fourth-order valence-electron chi connectivity index (χ4n) is 2.77. The molecule has 1 aliphatic heterocycles. The average Bonchev–Trinajstić information content (AvgIpc) is 3.08. The quantitative estimate of drug-likeness (QED) is 0.850. The molecule has 130 valence electrons. The Balaban J connectivity index is 1.78. The van der Waals surface area contributed by atoms with E-state index < -0.39 is 0 Å². The van der Waals surface area contributed by atoms with Crippen molar-refractivity contribution in [2.45, 2.75) is 13.0 Å². The third kappa shape index (κ3) is 3.96. The summed E-state index contributed by atoms with van der Waals surface area (Å²) < 4.78 is 5.75. The van der Waals surface area contributed by atoms with Crippen LogP contribution in [0, 0.1) is 6.92 Å². The normalized spacial score (nSPS) is 17.2. The third-order valence-electron chi connectivity index (χ3n) is 4.06. The topological polar surface area (TPSA) is 62.6 Å². The van der Waals surface area contributed by atoms with Crippen LogP contribution in [0.3, 0.4) is 0 Å². The summed E-state index contributed by atoms with van der Waals surface area (Å²) in [5.74, 6) is 3.11. The molecule has 2 heterocycles. The lowest BCUT2D eigenvalue weighted by Crippen LogP contribution is -2.40. The molecule has 0 bridgehead atoms. The van der Waals surface area contributed by atoms with Crippen molar-refractivity contribution in [2.75, 3.05) is 23.4 Å². The summed E-state index contributed by atoms with van der Waals surface area (Å²) in [7, 11) is 0. The van der Waals surface area contributed by atoms with Gasteiger partial charge in [-0.05, 0) is 49.4 Å². The van der Waals surface area contributed by atoms with Crippen LogP contribution in [0.4, 0.5) is 5.69 Å². The maximum Gasteiger partial charge on any atom is 0.254 e. The first kappa shape index (κ1) is 17.4. The van der Waals surface area contributed by atoms with E-state index >= 15 is 0 Å². The van der Waals surface area contributed by atoms with Gasteiger partial charge in [-0.25, -0.2) is 0 Å². The van der Waals surface area contributed by atoms with Gasteiger partial charge in [0, 0.05) is 29.3 Å². The van der Waals surface area contributed by atoms with Crippen molar-refractivity contribution in [3.63, 3.8) is 0 Å². The maximum atomic E-state index is 13.0. The van der Waals surface area contributed by atoms with Crippen LogP contribution in [0.1, 0.15) is 27.9 Å². The fourth-order valence-corrected chi connectivity index (χ4v) is 3.83. The molecule has 1 fully saturated rings. The lowest BCUT2D eigenvalue weighted by atomic mass is 10.1. The Morgan fingerprint density at radius 2 is 2.04 bits per heavy atom. The maximum absolute atomic E-state index is 13.0. The lowest BCUT2D eigenvalue weighted by molar-refractivity contribution is -0.111. The zero-order valence-corrected chi connectivity index (χ0v) is 14.8. The van der Waals surface area contributed by atoms with Crippen LogP contribution in [0.5, 0.6) is 0 Å². The zero-order valence-electron chi connectivity index (χ0n) is 14.0. The van der Waals surface area contributed by atoms with E-state index in [1.165, 1.54) is 6.08 Å². The van der Waals surface area contributed by atoms with Crippen LogP contribution < -0.4 is 5.32 Å². The van der Waals surface area contributed by atoms with E-state index in [1.54, 1.807) is 24.3 Å². The number of benzene rings is 1. The van der Waals surface area contributed by atoms with Gasteiger partial charge in [0.15, 0.2) is 0 Å². The van der Waals surface area contributed by atoms with Gasteiger partial charge >= 0.3 is 0 Å². The number of carbonyl (C=O) groups excluding carboxylic acids is 2. The van der Waals surface area contributed by atoms with Crippen LogP contribution >= 0.6 is 11.8 Å². The molecule has 1 aliphatic rings. The molecule has 1 aromatic heterocycles. The highest BCUT2D eigenvalue weighted by atomic mass is 32.2. The van der Waals surface area contributed by atoms with E-state index in [4.69, 9.17) is 4.42 Å². The van der Waals surface area contributed by atoms with E-state index in [1.807, 2.05) is 35.7 Å². The number of furan rings is 1. The number of nitrogens with one attached hydrogen (secondary N) is 1. The second-order valence-electron chi connectivity index (χ2n) is 5.81. The first-order chi connectivity index (χ1) is 12.1. The average molecular weight is 356 g/mol. The molecule has 1 aromatic carbocycles. The van der Waals surface area contributed by atoms with Crippen molar-refractivity contribution < 1.29 is 14.0 Å². The standard InChI is InChI=1S/C19H20N2O3S/c1-3-18(22)20-15-7-5-14(6-8-15)19(23)21-10-11-25-12-16(21)17-9-4-13(2)24-17/h3-9,16H,1,10-12H2,2H3,(H,20,22). The number of thioether (sulfide) groups is 1. The SMILES string of the molecule is C=CC(=O)Nc1ccc(C(=O)N2CCSCC2c2ccc(C)o2)cc1. The number of anilines is 1. The van der Waals surface area contributed by atoms with E-state index in [2.05, 4.69) is 11.9 Å². The molecule has 25 heavy (non-hydrogen) atoms. The molecule has 3 rings (SSSR count). The largest absolute Gasteiger partial charge is 0.464 e. The van der Waals surface area contributed by atoms with Gasteiger partial charge in [0.2, 0.25) is 5.91 Å². The van der Waals surface area contributed by atoms with Gasteiger partial charge in [0.05, 0.1) is 6.04 Å². The molecule has 1 saturated heterocycles. The summed E-state index contributed by atoms with van der Waals surface area (Å²) in [6.07, 6.45) is 1.21. The molecule has 6 heteroatoms. The minimum absolute atomic E-state index is 0.0269. The molecular weight excluding hydrogens is 336 g/mol. The molecule has 1 atom stereocenters. The molecule has 5 nitrogen and oxygen atoms in total. The number of hydrogen-bond donors (Lipinski definition) is 1. The number of carbonyl (C=O) groups is 2. The van der Waals surface area contributed by atoms with E-state index in [9.17, 15) is 9.59 Å². The van der Waals surface area contributed by atoms with Crippen LogP contribution in [0.2, 0.25) is 0 Å². The van der Waals surface area contributed by atoms with Crippen molar-refractivity contribution in [2.24, 2.45) is 0 Å². The number of amides is 2.